The van der Waals surface area contributed by atoms with Gasteiger partial charge in [0.15, 0.2) is 6.61 Å². The molecule has 1 aliphatic rings. The number of hydrogen-bond donors (Lipinski definition) is 1. The molecule has 2 rings (SSSR count). The molecule has 1 aliphatic carbocycles. The third-order valence-corrected chi connectivity index (χ3v) is 4.72. The summed E-state index contributed by atoms with van der Waals surface area (Å²) in [5.41, 5.74) is 1.09. The summed E-state index contributed by atoms with van der Waals surface area (Å²) in [5.74, 6) is 0.530. The maximum absolute atomic E-state index is 12.0. The first-order valence-corrected chi connectivity index (χ1v) is 9.15. The van der Waals surface area contributed by atoms with Gasteiger partial charge in [0.1, 0.15) is 5.75 Å². The fraction of sp³-hybridized carbons (Fsp3) is 0.579. The minimum absolute atomic E-state index is 0.0904. The van der Waals surface area contributed by atoms with Gasteiger partial charge in [0.25, 0.3) is 5.91 Å². The Bertz CT molecular complexity index is 599. The number of hydrogen-bond acceptors (Lipinski definition) is 4. The molecule has 1 aromatic rings. The van der Waals surface area contributed by atoms with E-state index in [1.807, 2.05) is 12.1 Å². The zero-order chi connectivity index (χ0) is 18.2. The normalized spacial score (nSPS) is 16.1. The molecule has 138 valence electrons. The highest BCUT2D eigenvalue weighted by Crippen LogP contribution is 2.38. The van der Waals surface area contributed by atoms with Crippen molar-refractivity contribution < 1.29 is 19.1 Å². The van der Waals surface area contributed by atoms with Crippen molar-refractivity contribution in [2.45, 2.75) is 57.4 Å². The summed E-state index contributed by atoms with van der Waals surface area (Å²) in [5, 5.41) is 3.42. The third-order valence-electron chi connectivity index (χ3n) is 4.48. The zero-order valence-electron chi connectivity index (χ0n) is 14.8. The van der Waals surface area contributed by atoms with Crippen molar-refractivity contribution in [2.24, 2.45) is 0 Å². The highest BCUT2D eigenvalue weighted by Gasteiger charge is 2.20. The number of methoxy groups -OCH3 is 1. The van der Waals surface area contributed by atoms with Crippen LogP contribution in [0.3, 0.4) is 0 Å². The zero-order valence-corrected chi connectivity index (χ0v) is 15.6. The smallest absolute Gasteiger partial charge is 0.307 e. The maximum atomic E-state index is 12.0. The molecule has 1 fully saturated rings. The molecule has 0 heterocycles. The van der Waals surface area contributed by atoms with Gasteiger partial charge < -0.3 is 14.8 Å². The lowest BCUT2D eigenvalue weighted by Gasteiger charge is -2.24. The maximum Gasteiger partial charge on any atom is 0.307 e. The van der Waals surface area contributed by atoms with Crippen LogP contribution in [0, 0.1) is 0 Å². The molecule has 5 nitrogen and oxygen atoms in total. The summed E-state index contributed by atoms with van der Waals surface area (Å²) in [6, 6.07) is 5.26. The van der Waals surface area contributed by atoms with Crippen LogP contribution in [0.5, 0.6) is 5.75 Å². The number of ether oxygens (including phenoxy) is 2. The van der Waals surface area contributed by atoms with Crippen LogP contribution >= 0.6 is 11.6 Å². The predicted octanol–water partition coefficient (Wildman–Crippen LogP) is 3.83. The van der Waals surface area contributed by atoms with Gasteiger partial charge in [0.2, 0.25) is 0 Å². The Balaban J connectivity index is 1.93. The Morgan fingerprint density at radius 3 is 2.68 bits per heavy atom. The SMILES string of the molecule is COC(=O)CC(C)NC(=O)COc1ccc(Cl)cc1C1CCCCC1. The number of esters is 1. The van der Waals surface area contributed by atoms with Crippen LogP contribution in [0.1, 0.15) is 56.9 Å². The number of halogens is 1. The van der Waals surface area contributed by atoms with Crippen LogP contribution < -0.4 is 10.1 Å². The summed E-state index contributed by atoms with van der Waals surface area (Å²) in [7, 11) is 1.33. The van der Waals surface area contributed by atoms with Crippen LogP contribution in [0.15, 0.2) is 18.2 Å². The summed E-state index contributed by atoms with van der Waals surface area (Å²) >= 11 is 6.15. The monoisotopic (exact) mass is 367 g/mol. The molecule has 0 saturated heterocycles. The van der Waals surface area contributed by atoms with E-state index >= 15 is 0 Å². The van der Waals surface area contributed by atoms with Crippen molar-refractivity contribution in [1.29, 1.82) is 0 Å². The van der Waals surface area contributed by atoms with Gasteiger partial charge in [-0.1, -0.05) is 30.9 Å². The van der Waals surface area contributed by atoms with Crippen molar-refractivity contribution >= 4 is 23.5 Å². The van der Waals surface area contributed by atoms with Gasteiger partial charge in [0.05, 0.1) is 13.5 Å². The van der Waals surface area contributed by atoms with E-state index in [2.05, 4.69) is 10.1 Å². The van der Waals surface area contributed by atoms with E-state index in [-0.39, 0.29) is 30.9 Å². The highest BCUT2D eigenvalue weighted by molar-refractivity contribution is 6.30. The molecule has 0 aliphatic heterocycles. The Labute approximate surface area is 154 Å². The number of carbonyl (C=O) groups excluding carboxylic acids is 2. The predicted molar refractivity (Wildman–Crippen MR) is 97.0 cm³/mol. The lowest BCUT2D eigenvalue weighted by atomic mass is 9.84. The Hall–Kier alpha value is -1.75. The van der Waals surface area contributed by atoms with Gasteiger partial charge in [-0.15, -0.1) is 0 Å². The quantitative estimate of drug-likeness (QED) is 0.744. The number of benzene rings is 1. The van der Waals surface area contributed by atoms with Crippen LogP contribution in [-0.2, 0) is 14.3 Å². The lowest BCUT2D eigenvalue weighted by Crippen LogP contribution is -2.37. The third kappa shape index (κ3) is 6.24. The molecule has 1 amide bonds. The van der Waals surface area contributed by atoms with Gasteiger partial charge in [-0.25, -0.2) is 0 Å². The molecule has 0 radical (unpaired) electrons. The van der Waals surface area contributed by atoms with Crippen LogP contribution in [0.25, 0.3) is 0 Å². The molecule has 1 N–H and O–H groups in total. The number of nitrogens with one attached hydrogen (secondary N) is 1. The van der Waals surface area contributed by atoms with Gasteiger partial charge >= 0.3 is 5.97 Å². The first-order chi connectivity index (χ1) is 12.0. The van der Waals surface area contributed by atoms with Gasteiger partial charge in [-0.2, -0.15) is 0 Å². The Morgan fingerprint density at radius 1 is 1.28 bits per heavy atom. The van der Waals surface area contributed by atoms with Gasteiger partial charge in [-0.05, 0) is 49.4 Å². The highest BCUT2D eigenvalue weighted by atomic mass is 35.5. The average Bonchev–Trinajstić information content (AvgIpc) is 2.61. The molecule has 0 aromatic heterocycles. The van der Waals surface area contributed by atoms with Crippen molar-refractivity contribution in [3.05, 3.63) is 28.8 Å². The second-order valence-electron chi connectivity index (χ2n) is 6.55. The van der Waals surface area contributed by atoms with E-state index in [9.17, 15) is 9.59 Å². The minimum atomic E-state index is -0.356. The topological polar surface area (TPSA) is 64.6 Å². The van der Waals surface area contributed by atoms with E-state index in [0.717, 1.165) is 18.4 Å². The summed E-state index contributed by atoms with van der Waals surface area (Å²) in [6.07, 6.45) is 6.08. The second-order valence-corrected chi connectivity index (χ2v) is 6.99. The largest absolute Gasteiger partial charge is 0.483 e. The lowest BCUT2D eigenvalue weighted by molar-refractivity contribution is -0.141. The fourth-order valence-electron chi connectivity index (χ4n) is 3.23. The summed E-state index contributed by atoms with van der Waals surface area (Å²) in [4.78, 5) is 23.3. The molecule has 0 bridgehead atoms. The first kappa shape index (κ1) is 19.6. The molecule has 1 aromatic carbocycles. The molecular formula is C19H26ClNO4. The molecular weight excluding hydrogens is 342 g/mol. The summed E-state index contributed by atoms with van der Waals surface area (Å²) in [6.45, 7) is 1.66. The second kappa shape index (κ2) is 9.66. The van der Waals surface area contributed by atoms with Crippen molar-refractivity contribution in [1.82, 2.24) is 5.32 Å². The van der Waals surface area contributed by atoms with E-state index in [4.69, 9.17) is 16.3 Å². The van der Waals surface area contributed by atoms with E-state index < -0.39 is 0 Å². The fourth-order valence-corrected chi connectivity index (χ4v) is 3.41. The van der Waals surface area contributed by atoms with Crippen molar-refractivity contribution in [3.63, 3.8) is 0 Å². The van der Waals surface area contributed by atoms with Crippen LogP contribution in [-0.4, -0.2) is 31.6 Å². The van der Waals surface area contributed by atoms with E-state index in [1.54, 1.807) is 13.0 Å². The van der Waals surface area contributed by atoms with E-state index in [1.165, 1.54) is 26.4 Å². The number of rotatable bonds is 7. The number of carbonyl (C=O) groups is 2. The van der Waals surface area contributed by atoms with E-state index in [0.29, 0.717) is 16.7 Å². The van der Waals surface area contributed by atoms with Crippen molar-refractivity contribution in [2.75, 3.05) is 13.7 Å². The molecule has 25 heavy (non-hydrogen) atoms. The minimum Gasteiger partial charge on any atom is -0.483 e. The van der Waals surface area contributed by atoms with Crippen LogP contribution in [0.4, 0.5) is 0 Å². The van der Waals surface area contributed by atoms with Gasteiger partial charge in [-0.3, -0.25) is 9.59 Å². The average molecular weight is 368 g/mol. The Morgan fingerprint density at radius 2 is 2.00 bits per heavy atom. The summed E-state index contributed by atoms with van der Waals surface area (Å²) < 4.78 is 10.3. The molecule has 6 heteroatoms. The molecule has 1 atom stereocenters. The Kier molecular flexibility index (Phi) is 7.56. The van der Waals surface area contributed by atoms with Gasteiger partial charge in [0, 0.05) is 11.1 Å². The molecule has 0 spiro atoms. The van der Waals surface area contributed by atoms with Crippen LogP contribution in [0.2, 0.25) is 5.02 Å². The molecule has 1 saturated carbocycles. The first-order valence-electron chi connectivity index (χ1n) is 8.78. The van der Waals surface area contributed by atoms with Crippen molar-refractivity contribution in [3.8, 4) is 5.75 Å². The number of amides is 1. The molecule has 1 unspecified atom stereocenters. The standard InChI is InChI=1S/C19H26ClNO4/c1-13(10-19(23)24-2)21-18(22)12-25-17-9-8-15(20)11-16(17)14-6-4-3-5-7-14/h8-9,11,13-14H,3-7,10,12H2,1-2H3,(H,21,22).